The third-order valence-electron chi connectivity index (χ3n) is 3.81. The quantitative estimate of drug-likeness (QED) is 0.292. The Hall–Kier alpha value is -3.54. The molecule has 1 aromatic carbocycles. The molecule has 0 fully saturated rings. The number of hydrogen-bond acceptors (Lipinski definition) is 10. The summed E-state index contributed by atoms with van der Waals surface area (Å²) in [6.07, 6.45) is 1.47. The van der Waals surface area contributed by atoms with E-state index in [2.05, 4.69) is 25.3 Å². The first-order valence-electron chi connectivity index (χ1n) is 8.20. The molecule has 0 atom stereocenters. The minimum atomic E-state index is -0.628. The fourth-order valence-corrected chi connectivity index (χ4v) is 3.30. The zero-order chi connectivity index (χ0) is 21.0. The Labute approximate surface area is 169 Å². The number of benzene rings is 1. The van der Waals surface area contributed by atoms with Gasteiger partial charge in [0.1, 0.15) is 10.5 Å². The molecule has 0 aliphatic rings. The number of anilines is 2. The van der Waals surface area contributed by atoms with Gasteiger partial charge in [0, 0.05) is 12.1 Å². The number of hydrogen-bond donors (Lipinski definition) is 3. The van der Waals surface area contributed by atoms with E-state index in [-0.39, 0.29) is 28.9 Å². The van der Waals surface area contributed by atoms with Crippen LogP contribution in [0.5, 0.6) is 11.5 Å². The molecule has 152 valence electrons. The maximum Gasteiger partial charge on any atom is 0.340 e. The number of fused-ring (bicyclic) bond motifs is 1. The van der Waals surface area contributed by atoms with Crippen LogP contribution >= 0.6 is 11.8 Å². The van der Waals surface area contributed by atoms with Crippen LogP contribution in [0.25, 0.3) is 11.2 Å². The van der Waals surface area contributed by atoms with Gasteiger partial charge in [0.25, 0.3) is 0 Å². The van der Waals surface area contributed by atoms with Gasteiger partial charge in [0.15, 0.2) is 17.1 Å². The first kappa shape index (κ1) is 20.2. The van der Waals surface area contributed by atoms with E-state index in [9.17, 15) is 9.59 Å². The third-order valence-corrected chi connectivity index (χ3v) is 4.79. The molecule has 2 aromatic heterocycles. The standard InChI is InChI=1S/C17H18N6O5S/c1-26-10-4-8(16(25)28-3)9(5-11(10)27-2)21-12(24)6-29-15-13-14(20-7-19-13)22-17(18)23-15/h4-5,7H,6H2,1-3H3,(H,21,24)(H3,18,19,20,22,23). The maximum atomic E-state index is 12.5. The smallest absolute Gasteiger partial charge is 0.340 e. The zero-order valence-electron chi connectivity index (χ0n) is 15.8. The van der Waals surface area contributed by atoms with Crippen LogP contribution in [0.4, 0.5) is 11.6 Å². The van der Waals surface area contributed by atoms with E-state index in [1.54, 1.807) is 0 Å². The number of nitrogens with zero attached hydrogens (tertiary/aromatic N) is 3. The number of nitrogens with two attached hydrogens (primary N) is 1. The number of ether oxygens (including phenoxy) is 3. The Morgan fingerprint density at radius 2 is 1.90 bits per heavy atom. The highest BCUT2D eigenvalue weighted by molar-refractivity contribution is 8.00. The molecule has 0 saturated carbocycles. The number of aromatic nitrogens is 4. The lowest BCUT2D eigenvalue weighted by Crippen LogP contribution is -2.17. The van der Waals surface area contributed by atoms with Gasteiger partial charge in [-0.3, -0.25) is 4.79 Å². The van der Waals surface area contributed by atoms with Crippen molar-refractivity contribution >= 4 is 46.4 Å². The van der Waals surface area contributed by atoms with E-state index in [1.807, 2.05) is 0 Å². The number of H-pyrrole nitrogens is 1. The highest BCUT2D eigenvalue weighted by atomic mass is 32.2. The number of carbonyl (C=O) groups is 2. The summed E-state index contributed by atoms with van der Waals surface area (Å²) in [6.45, 7) is 0. The average Bonchev–Trinajstić information content (AvgIpc) is 3.19. The van der Waals surface area contributed by atoms with Gasteiger partial charge < -0.3 is 30.2 Å². The fraction of sp³-hybridized carbons (Fsp3) is 0.235. The molecule has 11 nitrogen and oxygen atoms in total. The first-order chi connectivity index (χ1) is 14.0. The number of esters is 1. The second-order valence-corrected chi connectivity index (χ2v) is 6.53. The molecule has 4 N–H and O–H groups in total. The van der Waals surface area contributed by atoms with E-state index in [4.69, 9.17) is 19.9 Å². The number of rotatable bonds is 7. The molecule has 3 aromatic rings. The molecule has 0 saturated heterocycles. The predicted octanol–water partition coefficient (Wildman–Crippen LogP) is 1.47. The lowest BCUT2D eigenvalue weighted by atomic mass is 10.1. The van der Waals surface area contributed by atoms with Crippen molar-refractivity contribution in [1.82, 2.24) is 19.9 Å². The monoisotopic (exact) mass is 418 g/mol. The Balaban J connectivity index is 1.80. The maximum absolute atomic E-state index is 12.5. The summed E-state index contributed by atoms with van der Waals surface area (Å²) in [6, 6.07) is 2.93. The van der Waals surface area contributed by atoms with Crippen LogP contribution in [-0.2, 0) is 9.53 Å². The normalized spacial score (nSPS) is 10.6. The van der Waals surface area contributed by atoms with Crippen LogP contribution in [0.15, 0.2) is 23.5 Å². The SMILES string of the molecule is COC(=O)c1cc(OC)c(OC)cc1NC(=O)CSc1nc(N)nc2nc[nH]c12. The van der Waals surface area contributed by atoms with Gasteiger partial charge >= 0.3 is 5.97 Å². The van der Waals surface area contributed by atoms with Crippen molar-refractivity contribution in [1.29, 1.82) is 0 Å². The van der Waals surface area contributed by atoms with E-state index in [0.717, 1.165) is 11.8 Å². The van der Waals surface area contributed by atoms with Crippen LogP contribution in [0.3, 0.4) is 0 Å². The molecule has 0 spiro atoms. The van der Waals surface area contributed by atoms with Crippen molar-refractivity contribution in [3.63, 3.8) is 0 Å². The first-order valence-corrected chi connectivity index (χ1v) is 9.19. The molecule has 0 unspecified atom stereocenters. The van der Waals surface area contributed by atoms with Crippen molar-refractivity contribution in [2.45, 2.75) is 5.03 Å². The average molecular weight is 418 g/mol. The molecule has 12 heteroatoms. The van der Waals surface area contributed by atoms with E-state index < -0.39 is 5.97 Å². The van der Waals surface area contributed by atoms with Crippen molar-refractivity contribution in [3.05, 3.63) is 24.0 Å². The van der Waals surface area contributed by atoms with Crippen LogP contribution in [0.1, 0.15) is 10.4 Å². The van der Waals surface area contributed by atoms with Crippen molar-refractivity contribution in [3.8, 4) is 11.5 Å². The molecule has 2 heterocycles. The largest absolute Gasteiger partial charge is 0.493 e. The molecule has 0 aliphatic heterocycles. The number of methoxy groups -OCH3 is 3. The highest BCUT2D eigenvalue weighted by Crippen LogP contribution is 2.34. The van der Waals surface area contributed by atoms with Gasteiger partial charge in [-0.1, -0.05) is 11.8 Å². The van der Waals surface area contributed by atoms with Crippen molar-refractivity contribution < 1.29 is 23.8 Å². The molecule has 1 amide bonds. The second kappa shape index (κ2) is 8.65. The Kier molecular flexibility index (Phi) is 6.02. The summed E-state index contributed by atoms with van der Waals surface area (Å²) >= 11 is 1.15. The number of nitrogens with one attached hydrogen (secondary N) is 2. The minimum Gasteiger partial charge on any atom is -0.493 e. The number of aromatic amines is 1. The molecular weight excluding hydrogens is 400 g/mol. The number of carbonyl (C=O) groups excluding carboxylic acids is 2. The van der Waals surface area contributed by atoms with Gasteiger partial charge in [-0.25, -0.2) is 14.8 Å². The van der Waals surface area contributed by atoms with Crippen molar-refractivity contribution in [2.75, 3.05) is 38.1 Å². The van der Waals surface area contributed by atoms with E-state index in [1.165, 1.54) is 39.8 Å². The van der Waals surface area contributed by atoms with E-state index in [0.29, 0.717) is 27.7 Å². The number of nitrogen functional groups attached to an aromatic ring is 1. The summed E-state index contributed by atoms with van der Waals surface area (Å²) in [5, 5.41) is 3.17. The number of thioether (sulfide) groups is 1. The summed E-state index contributed by atoms with van der Waals surface area (Å²) in [5.74, 6) is -0.266. The highest BCUT2D eigenvalue weighted by Gasteiger charge is 2.19. The summed E-state index contributed by atoms with van der Waals surface area (Å²) in [5.41, 5.74) is 7.03. The predicted molar refractivity (Wildman–Crippen MR) is 106 cm³/mol. The van der Waals surface area contributed by atoms with E-state index >= 15 is 0 Å². The Bertz CT molecular complexity index is 1070. The van der Waals surface area contributed by atoms with Crippen LogP contribution in [-0.4, -0.2) is 58.9 Å². The summed E-state index contributed by atoms with van der Waals surface area (Å²) in [4.78, 5) is 39.7. The molecule has 0 bridgehead atoms. The van der Waals surface area contributed by atoms with Crippen LogP contribution in [0, 0.1) is 0 Å². The lowest BCUT2D eigenvalue weighted by Gasteiger charge is -2.14. The minimum absolute atomic E-state index is 0.000466. The molecule has 0 aliphatic carbocycles. The van der Waals surface area contributed by atoms with Gasteiger partial charge in [0.05, 0.1) is 44.7 Å². The van der Waals surface area contributed by atoms with Gasteiger partial charge in [-0.15, -0.1) is 0 Å². The van der Waals surface area contributed by atoms with Crippen LogP contribution in [0.2, 0.25) is 0 Å². The zero-order valence-corrected chi connectivity index (χ0v) is 16.6. The third kappa shape index (κ3) is 4.32. The Morgan fingerprint density at radius 3 is 2.59 bits per heavy atom. The fourth-order valence-electron chi connectivity index (χ4n) is 2.51. The topological polar surface area (TPSA) is 154 Å². The molecular formula is C17H18N6O5S. The molecule has 0 radical (unpaired) electrons. The van der Waals surface area contributed by atoms with Gasteiger partial charge in [0.2, 0.25) is 11.9 Å². The summed E-state index contributed by atoms with van der Waals surface area (Å²) < 4.78 is 15.2. The molecule has 29 heavy (non-hydrogen) atoms. The van der Waals surface area contributed by atoms with Gasteiger partial charge in [-0.05, 0) is 0 Å². The second-order valence-electron chi connectivity index (χ2n) is 5.57. The van der Waals surface area contributed by atoms with Gasteiger partial charge in [-0.2, -0.15) is 4.98 Å². The number of imidazole rings is 1. The molecule has 3 rings (SSSR count). The summed E-state index contributed by atoms with van der Waals surface area (Å²) in [7, 11) is 4.14. The Morgan fingerprint density at radius 1 is 1.17 bits per heavy atom. The van der Waals surface area contributed by atoms with Crippen LogP contribution < -0.4 is 20.5 Å². The van der Waals surface area contributed by atoms with Crippen molar-refractivity contribution in [2.24, 2.45) is 0 Å². The lowest BCUT2D eigenvalue weighted by molar-refractivity contribution is -0.113. The number of amides is 1.